The standard InChI is InChI=1S/C16H31NO4S2/c1-7-22-14(23-8-2)11(17)13-12(20-16(5,6)21-13)10-9-18-15(3,4)19-10/h10-14H,7-9,17H2,1-6H3/t10-,11-,12-,13-/m1/s1. The molecular formula is C16H31NO4S2. The van der Waals surface area contributed by atoms with Gasteiger partial charge in [-0.3, -0.25) is 0 Å². The Labute approximate surface area is 148 Å². The number of thioether (sulfide) groups is 2. The van der Waals surface area contributed by atoms with E-state index >= 15 is 0 Å². The average Bonchev–Trinajstić information content (AvgIpc) is 2.97. The molecule has 0 aliphatic carbocycles. The summed E-state index contributed by atoms with van der Waals surface area (Å²) in [7, 11) is 0. The highest BCUT2D eigenvalue weighted by atomic mass is 32.2. The quantitative estimate of drug-likeness (QED) is 0.696. The Morgan fingerprint density at radius 1 is 1.00 bits per heavy atom. The third kappa shape index (κ3) is 5.00. The van der Waals surface area contributed by atoms with Crippen molar-refractivity contribution < 1.29 is 18.9 Å². The van der Waals surface area contributed by atoms with Gasteiger partial charge in [0.1, 0.15) is 18.3 Å². The van der Waals surface area contributed by atoms with Crippen LogP contribution in [0.2, 0.25) is 0 Å². The monoisotopic (exact) mass is 365 g/mol. The van der Waals surface area contributed by atoms with Crippen LogP contribution in [0.15, 0.2) is 0 Å². The first-order chi connectivity index (χ1) is 10.7. The van der Waals surface area contributed by atoms with E-state index in [1.165, 1.54) is 0 Å². The molecule has 2 aliphatic rings. The van der Waals surface area contributed by atoms with Crippen molar-refractivity contribution in [2.75, 3.05) is 18.1 Å². The minimum absolute atomic E-state index is 0.121. The number of hydrogen-bond donors (Lipinski definition) is 1. The van der Waals surface area contributed by atoms with Crippen LogP contribution in [0.25, 0.3) is 0 Å². The molecule has 2 heterocycles. The van der Waals surface area contributed by atoms with Crippen LogP contribution in [-0.2, 0) is 18.9 Å². The molecule has 0 bridgehead atoms. The summed E-state index contributed by atoms with van der Waals surface area (Å²) in [6.07, 6.45) is -0.559. The maximum Gasteiger partial charge on any atom is 0.163 e. The van der Waals surface area contributed by atoms with E-state index in [0.29, 0.717) is 6.61 Å². The van der Waals surface area contributed by atoms with Crippen LogP contribution >= 0.6 is 23.5 Å². The maximum atomic E-state index is 6.60. The molecule has 0 amide bonds. The van der Waals surface area contributed by atoms with E-state index < -0.39 is 11.6 Å². The van der Waals surface area contributed by atoms with Crippen molar-refractivity contribution in [3.05, 3.63) is 0 Å². The van der Waals surface area contributed by atoms with Crippen molar-refractivity contribution in [3.8, 4) is 0 Å². The van der Waals surface area contributed by atoms with Gasteiger partial charge in [0.2, 0.25) is 0 Å². The lowest BCUT2D eigenvalue weighted by Gasteiger charge is -2.31. The third-order valence-corrected chi connectivity index (χ3v) is 6.68. The van der Waals surface area contributed by atoms with Gasteiger partial charge >= 0.3 is 0 Å². The molecule has 0 spiro atoms. The Morgan fingerprint density at radius 3 is 2.09 bits per heavy atom. The van der Waals surface area contributed by atoms with Crippen LogP contribution in [0.3, 0.4) is 0 Å². The fourth-order valence-electron chi connectivity index (χ4n) is 3.03. The average molecular weight is 366 g/mol. The molecule has 5 nitrogen and oxygen atoms in total. The SMILES string of the molecule is CCSC(SCC)[C@H](N)[C@H]1OC(C)(C)O[C@@H]1[C@H]1COC(C)(C)O1. The molecule has 0 unspecified atom stereocenters. The Morgan fingerprint density at radius 2 is 1.61 bits per heavy atom. The summed E-state index contributed by atoms with van der Waals surface area (Å²) < 4.78 is 24.3. The summed E-state index contributed by atoms with van der Waals surface area (Å²) in [4.78, 5) is 0. The summed E-state index contributed by atoms with van der Waals surface area (Å²) in [5.74, 6) is 0.832. The van der Waals surface area contributed by atoms with Crippen LogP contribution in [0.4, 0.5) is 0 Å². The molecule has 2 rings (SSSR count). The largest absolute Gasteiger partial charge is 0.348 e. The van der Waals surface area contributed by atoms with Gasteiger partial charge in [-0.1, -0.05) is 13.8 Å². The van der Waals surface area contributed by atoms with Crippen molar-refractivity contribution in [2.45, 2.75) is 82.1 Å². The third-order valence-electron chi connectivity index (χ3n) is 3.92. The van der Waals surface area contributed by atoms with Gasteiger partial charge in [-0.05, 0) is 39.2 Å². The van der Waals surface area contributed by atoms with E-state index in [1.807, 2.05) is 51.2 Å². The Bertz CT molecular complexity index is 388. The summed E-state index contributed by atoms with van der Waals surface area (Å²) in [5, 5.41) is 0. The van der Waals surface area contributed by atoms with Crippen molar-refractivity contribution in [3.63, 3.8) is 0 Å². The highest BCUT2D eigenvalue weighted by Gasteiger charge is 2.52. The lowest BCUT2D eigenvalue weighted by molar-refractivity contribution is -0.174. The van der Waals surface area contributed by atoms with Crippen molar-refractivity contribution in [2.24, 2.45) is 5.73 Å². The molecule has 2 N–H and O–H groups in total. The minimum atomic E-state index is -0.651. The van der Waals surface area contributed by atoms with Crippen LogP contribution in [0.5, 0.6) is 0 Å². The first-order valence-corrected chi connectivity index (χ1v) is 10.4. The minimum Gasteiger partial charge on any atom is -0.348 e. The number of hydrogen-bond acceptors (Lipinski definition) is 7. The van der Waals surface area contributed by atoms with E-state index in [0.717, 1.165) is 11.5 Å². The van der Waals surface area contributed by atoms with Gasteiger partial charge < -0.3 is 24.7 Å². The van der Waals surface area contributed by atoms with E-state index in [2.05, 4.69) is 13.8 Å². The molecule has 7 heteroatoms. The number of nitrogens with two attached hydrogens (primary N) is 1. The smallest absolute Gasteiger partial charge is 0.163 e. The van der Waals surface area contributed by atoms with E-state index in [1.54, 1.807) is 0 Å². The van der Waals surface area contributed by atoms with E-state index in [9.17, 15) is 0 Å². The van der Waals surface area contributed by atoms with Gasteiger partial charge in [0.15, 0.2) is 11.6 Å². The molecule has 0 saturated carbocycles. The van der Waals surface area contributed by atoms with Crippen LogP contribution in [0.1, 0.15) is 41.5 Å². The molecule has 23 heavy (non-hydrogen) atoms. The van der Waals surface area contributed by atoms with Crippen LogP contribution in [0, 0.1) is 0 Å². The molecule has 0 aromatic carbocycles. The van der Waals surface area contributed by atoms with Gasteiger partial charge in [-0.15, -0.1) is 23.5 Å². The molecule has 136 valence electrons. The Balaban J connectivity index is 2.13. The maximum absolute atomic E-state index is 6.60. The first-order valence-electron chi connectivity index (χ1n) is 8.35. The fraction of sp³-hybridized carbons (Fsp3) is 1.00. The molecule has 0 aromatic rings. The van der Waals surface area contributed by atoms with Crippen LogP contribution in [-0.4, -0.2) is 58.6 Å². The second kappa shape index (κ2) is 7.81. The van der Waals surface area contributed by atoms with E-state index in [4.69, 9.17) is 24.7 Å². The van der Waals surface area contributed by atoms with Crippen molar-refractivity contribution in [1.29, 1.82) is 0 Å². The molecule has 4 atom stereocenters. The molecule has 0 aromatic heterocycles. The zero-order valence-corrected chi connectivity index (χ0v) is 16.7. The van der Waals surface area contributed by atoms with Gasteiger partial charge in [0.05, 0.1) is 17.2 Å². The molecule has 2 fully saturated rings. The van der Waals surface area contributed by atoms with Gasteiger partial charge in [0.25, 0.3) is 0 Å². The summed E-state index contributed by atoms with van der Waals surface area (Å²) in [6.45, 7) is 12.5. The second-order valence-electron chi connectivity index (χ2n) is 6.79. The Kier molecular flexibility index (Phi) is 6.73. The Hall–Kier alpha value is 0.500. The normalized spacial score (nSPS) is 34.2. The molecule has 2 aliphatic heterocycles. The lowest BCUT2D eigenvalue weighted by Crippen LogP contribution is -2.51. The predicted molar refractivity (Wildman–Crippen MR) is 96.8 cm³/mol. The lowest BCUT2D eigenvalue weighted by atomic mass is 10.0. The molecule has 0 radical (unpaired) electrons. The summed E-state index contributed by atoms with van der Waals surface area (Å²) in [5.41, 5.74) is 6.60. The summed E-state index contributed by atoms with van der Waals surface area (Å²) in [6, 6.07) is -0.121. The topological polar surface area (TPSA) is 62.9 Å². The zero-order chi connectivity index (χ0) is 17.3. The number of rotatable bonds is 7. The van der Waals surface area contributed by atoms with Crippen molar-refractivity contribution in [1.82, 2.24) is 0 Å². The first kappa shape index (κ1) is 19.8. The molecule has 2 saturated heterocycles. The second-order valence-corrected chi connectivity index (χ2v) is 9.92. The van der Waals surface area contributed by atoms with Crippen LogP contribution < -0.4 is 5.73 Å². The highest BCUT2D eigenvalue weighted by Crippen LogP contribution is 2.39. The summed E-state index contributed by atoms with van der Waals surface area (Å²) >= 11 is 3.74. The fourth-order valence-corrected chi connectivity index (χ4v) is 5.65. The van der Waals surface area contributed by atoms with Crippen molar-refractivity contribution >= 4 is 23.5 Å². The number of ether oxygens (including phenoxy) is 4. The van der Waals surface area contributed by atoms with Gasteiger partial charge in [-0.2, -0.15) is 0 Å². The van der Waals surface area contributed by atoms with E-state index in [-0.39, 0.29) is 28.9 Å². The van der Waals surface area contributed by atoms with Gasteiger partial charge in [0, 0.05) is 0 Å². The van der Waals surface area contributed by atoms with Gasteiger partial charge in [-0.25, -0.2) is 0 Å². The highest BCUT2D eigenvalue weighted by molar-refractivity contribution is 8.17. The predicted octanol–water partition coefficient (Wildman–Crippen LogP) is 2.82. The molecular weight excluding hydrogens is 334 g/mol. The zero-order valence-electron chi connectivity index (χ0n) is 15.0.